The van der Waals surface area contributed by atoms with E-state index in [2.05, 4.69) is 0 Å². The summed E-state index contributed by atoms with van der Waals surface area (Å²) >= 11 is 0. The number of para-hydroxylation sites is 2. The van der Waals surface area contributed by atoms with Gasteiger partial charge in [-0.05, 0) is 31.5 Å². The Morgan fingerprint density at radius 3 is 1.86 bits per heavy atom. The lowest BCUT2D eigenvalue weighted by Gasteiger charge is -2.04. The van der Waals surface area contributed by atoms with Crippen LogP contribution >= 0.6 is 0 Å². The first-order valence-corrected chi connectivity index (χ1v) is 6.59. The number of nitrogens with zero attached hydrogens (tertiary/aromatic N) is 1. The number of hydrogen-bond donors (Lipinski definition) is 1. The Bertz CT molecular complexity index is 657. The molecular formula is C16H20N2O4. The molecule has 118 valence electrons. The van der Waals surface area contributed by atoms with Crippen LogP contribution in [-0.4, -0.2) is 19.1 Å². The maximum Gasteiger partial charge on any atom is 0.313 e. The smallest absolute Gasteiger partial charge is 0.313 e. The van der Waals surface area contributed by atoms with Gasteiger partial charge in [-0.15, -0.1) is 0 Å². The molecule has 0 aliphatic rings. The van der Waals surface area contributed by atoms with Crippen LogP contribution in [0.15, 0.2) is 36.4 Å². The quantitative estimate of drug-likeness (QED) is 0.532. The van der Waals surface area contributed by atoms with Crippen molar-refractivity contribution in [2.45, 2.75) is 13.8 Å². The van der Waals surface area contributed by atoms with Gasteiger partial charge in [0, 0.05) is 5.56 Å². The lowest BCUT2D eigenvalue weighted by molar-refractivity contribution is -0.386. The molecule has 0 aliphatic heterocycles. The first-order chi connectivity index (χ1) is 10.4. The molecule has 0 heterocycles. The molecule has 0 amide bonds. The summed E-state index contributed by atoms with van der Waals surface area (Å²) in [7, 11) is 3.03. The van der Waals surface area contributed by atoms with Crippen LogP contribution < -0.4 is 15.2 Å². The van der Waals surface area contributed by atoms with Gasteiger partial charge in [-0.2, -0.15) is 0 Å². The van der Waals surface area contributed by atoms with Crippen LogP contribution in [0.25, 0.3) is 0 Å². The number of rotatable bonds is 3. The number of methoxy groups -OCH3 is 2. The second kappa shape index (κ2) is 7.87. The Hall–Kier alpha value is -2.76. The van der Waals surface area contributed by atoms with Crippen molar-refractivity contribution in [2.24, 2.45) is 0 Å². The fraction of sp³-hybridized carbons (Fsp3) is 0.250. The number of nitro groups is 1. The average Bonchev–Trinajstić information content (AvgIpc) is 2.50. The Morgan fingerprint density at radius 2 is 1.45 bits per heavy atom. The molecule has 0 aromatic heterocycles. The highest BCUT2D eigenvalue weighted by atomic mass is 16.6. The van der Waals surface area contributed by atoms with E-state index in [1.54, 1.807) is 32.2 Å². The van der Waals surface area contributed by atoms with Crippen molar-refractivity contribution in [3.05, 3.63) is 57.6 Å². The van der Waals surface area contributed by atoms with Gasteiger partial charge >= 0.3 is 5.69 Å². The van der Waals surface area contributed by atoms with E-state index in [-0.39, 0.29) is 5.69 Å². The van der Waals surface area contributed by atoms with E-state index in [0.717, 1.165) is 17.0 Å². The summed E-state index contributed by atoms with van der Waals surface area (Å²) in [6.45, 7) is 3.64. The summed E-state index contributed by atoms with van der Waals surface area (Å²) in [5.41, 5.74) is 8.10. The van der Waals surface area contributed by atoms with E-state index in [1.165, 1.54) is 7.11 Å². The first kappa shape index (κ1) is 17.3. The second-order valence-corrected chi connectivity index (χ2v) is 4.57. The van der Waals surface area contributed by atoms with Gasteiger partial charge in [0.2, 0.25) is 0 Å². The van der Waals surface area contributed by atoms with Gasteiger partial charge in [0.15, 0.2) is 5.75 Å². The van der Waals surface area contributed by atoms with E-state index < -0.39 is 4.92 Å². The van der Waals surface area contributed by atoms with Crippen molar-refractivity contribution in [2.75, 3.05) is 20.0 Å². The maximum atomic E-state index is 10.5. The molecule has 2 aromatic rings. The minimum absolute atomic E-state index is 0.0417. The average molecular weight is 304 g/mol. The van der Waals surface area contributed by atoms with Crippen molar-refractivity contribution in [3.8, 4) is 11.5 Å². The minimum Gasteiger partial charge on any atom is -0.495 e. The molecule has 22 heavy (non-hydrogen) atoms. The van der Waals surface area contributed by atoms with Crippen LogP contribution in [-0.2, 0) is 0 Å². The number of hydrogen-bond acceptors (Lipinski definition) is 5. The van der Waals surface area contributed by atoms with Crippen molar-refractivity contribution in [1.29, 1.82) is 0 Å². The lowest BCUT2D eigenvalue weighted by atomic mass is 10.2. The fourth-order valence-electron chi connectivity index (χ4n) is 1.86. The monoisotopic (exact) mass is 304 g/mol. The third-order valence-corrected chi connectivity index (χ3v) is 3.11. The van der Waals surface area contributed by atoms with Crippen molar-refractivity contribution in [1.82, 2.24) is 0 Å². The molecule has 0 unspecified atom stereocenters. The molecule has 2 N–H and O–H groups in total. The predicted molar refractivity (Wildman–Crippen MR) is 86.5 cm³/mol. The van der Waals surface area contributed by atoms with Crippen LogP contribution in [0.1, 0.15) is 11.1 Å². The summed E-state index contributed by atoms with van der Waals surface area (Å²) in [4.78, 5) is 10.1. The van der Waals surface area contributed by atoms with Crippen LogP contribution in [0.5, 0.6) is 11.5 Å². The molecule has 0 radical (unpaired) electrons. The second-order valence-electron chi connectivity index (χ2n) is 4.57. The zero-order valence-corrected chi connectivity index (χ0v) is 13.1. The van der Waals surface area contributed by atoms with E-state index in [1.807, 2.05) is 25.1 Å². The van der Waals surface area contributed by atoms with Gasteiger partial charge in [0.1, 0.15) is 5.75 Å². The Balaban J connectivity index is 0.000000224. The highest BCUT2D eigenvalue weighted by Gasteiger charge is 2.16. The van der Waals surface area contributed by atoms with Crippen LogP contribution in [0.3, 0.4) is 0 Å². The third kappa shape index (κ3) is 4.12. The lowest BCUT2D eigenvalue weighted by Crippen LogP contribution is -1.95. The molecule has 6 nitrogen and oxygen atoms in total. The molecule has 6 heteroatoms. The molecular weight excluding hydrogens is 284 g/mol. The zero-order chi connectivity index (χ0) is 16.7. The minimum atomic E-state index is -0.436. The molecule has 0 spiro atoms. The molecule has 0 saturated carbocycles. The summed E-state index contributed by atoms with van der Waals surface area (Å²) in [6, 6.07) is 10.7. The number of nitrogen functional groups attached to an aromatic ring is 1. The largest absolute Gasteiger partial charge is 0.495 e. The molecule has 0 aliphatic carbocycles. The fourth-order valence-corrected chi connectivity index (χ4v) is 1.86. The number of anilines is 1. The van der Waals surface area contributed by atoms with Gasteiger partial charge in [0.25, 0.3) is 0 Å². The third-order valence-electron chi connectivity index (χ3n) is 3.11. The summed E-state index contributed by atoms with van der Waals surface area (Å²) < 4.78 is 9.85. The van der Waals surface area contributed by atoms with Gasteiger partial charge < -0.3 is 15.2 Å². The van der Waals surface area contributed by atoms with Crippen LogP contribution in [0.2, 0.25) is 0 Å². The predicted octanol–water partition coefficient (Wildman–Crippen LogP) is 3.50. The molecule has 2 aromatic carbocycles. The summed E-state index contributed by atoms with van der Waals surface area (Å²) in [5, 5.41) is 10.5. The normalized spacial score (nSPS) is 9.45. The zero-order valence-electron chi connectivity index (χ0n) is 13.1. The van der Waals surface area contributed by atoms with Crippen LogP contribution in [0.4, 0.5) is 11.4 Å². The van der Waals surface area contributed by atoms with Gasteiger partial charge in [-0.1, -0.05) is 24.3 Å². The molecule has 0 fully saturated rings. The maximum absolute atomic E-state index is 10.5. The van der Waals surface area contributed by atoms with Gasteiger partial charge in [0.05, 0.1) is 24.8 Å². The van der Waals surface area contributed by atoms with Crippen molar-refractivity contribution >= 4 is 11.4 Å². The molecule has 2 rings (SSSR count). The highest BCUT2D eigenvalue weighted by molar-refractivity contribution is 5.57. The SMILES string of the molecule is COc1cccc(C)c1N.COc1cccc(C)c1[N+](=O)[O-]. The van der Waals surface area contributed by atoms with Crippen molar-refractivity contribution < 1.29 is 14.4 Å². The van der Waals surface area contributed by atoms with Gasteiger partial charge in [-0.25, -0.2) is 0 Å². The standard InChI is InChI=1S/C8H9NO3.C8H11NO/c1-6-4-3-5-7(12-2)8(6)9(10)11;1-6-4-3-5-7(10-2)8(6)9/h3-5H,1-2H3;3-5H,9H2,1-2H3. The van der Waals surface area contributed by atoms with Crippen molar-refractivity contribution in [3.63, 3.8) is 0 Å². The van der Waals surface area contributed by atoms with E-state index in [9.17, 15) is 10.1 Å². The number of nitrogens with two attached hydrogens (primary N) is 1. The van der Waals surface area contributed by atoms with Gasteiger partial charge in [-0.3, -0.25) is 10.1 Å². The Kier molecular flexibility index (Phi) is 6.19. The first-order valence-electron chi connectivity index (χ1n) is 6.59. The highest BCUT2D eigenvalue weighted by Crippen LogP contribution is 2.29. The topological polar surface area (TPSA) is 87.6 Å². The molecule has 0 bridgehead atoms. The number of aryl methyl sites for hydroxylation is 2. The van der Waals surface area contributed by atoms with E-state index in [0.29, 0.717) is 11.3 Å². The molecule has 0 atom stereocenters. The van der Waals surface area contributed by atoms with E-state index >= 15 is 0 Å². The number of benzene rings is 2. The summed E-state index contributed by atoms with van der Waals surface area (Å²) in [6.07, 6.45) is 0. The number of ether oxygens (including phenoxy) is 2. The van der Waals surface area contributed by atoms with Crippen LogP contribution in [0, 0.1) is 24.0 Å². The Morgan fingerprint density at radius 1 is 0.955 bits per heavy atom. The summed E-state index contributed by atoms with van der Waals surface area (Å²) in [5.74, 6) is 1.06. The molecule has 0 saturated heterocycles. The van der Waals surface area contributed by atoms with E-state index in [4.69, 9.17) is 15.2 Å². The number of nitro benzene ring substituents is 1. The Labute approximate surface area is 129 Å².